The number of benzene rings is 3. The monoisotopic (exact) mass is 556 g/mol. The number of hydrogen-bond acceptors (Lipinski definition) is 6. The minimum Gasteiger partial charge on any atom is -0.493 e. The van der Waals surface area contributed by atoms with Gasteiger partial charge in [0.1, 0.15) is 37.1 Å². The van der Waals surface area contributed by atoms with Crippen LogP contribution in [0.3, 0.4) is 0 Å². The van der Waals surface area contributed by atoms with Crippen molar-refractivity contribution in [2.75, 3.05) is 32.9 Å². The Bertz CT molecular complexity index is 1380. The van der Waals surface area contributed by atoms with Gasteiger partial charge in [-0.05, 0) is 86.2 Å². The summed E-state index contributed by atoms with van der Waals surface area (Å²) in [5.41, 5.74) is 6.57. The van der Waals surface area contributed by atoms with Crippen molar-refractivity contribution in [2.24, 2.45) is 0 Å². The van der Waals surface area contributed by atoms with Crippen molar-refractivity contribution >= 4 is 5.78 Å². The number of carbonyl (C=O) groups is 1. The average molecular weight is 557 g/mol. The minimum atomic E-state index is 0.208. The van der Waals surface area contributed by atoms with Gasteiger partial charge in [0.25, 0.3) is 0 Å². The fourth-order valence-electron chi connectivity index (χ4n) is 4.84. The number of carbonyl (C=O) groups excluding carboxylic acids is 1. The highest BCUT2D eigenvalue weighted by molar-refractivity contribution is 5.75. The molecule has 1 heterocycles. The van der Waals surface area contributed by atoms with Gasteiger partial charge in [-0.1, -0.05) is 24.3 Å². The van der Waals surface area contributed by atoms with Crippen LogP contribution in [0.5, 0.6) is 23.0 Å². The molecule has 0 fully saturated rings. The first kappa shape index (κ1) is 30.0. The summed E-state index contributed by atoms with van der Waals surface area (Å²) < 4.78 is 24.0. The van der Waals surface area contributed by atoms with Crippen molar-refractivity contribution in [1.82, 2.24) is 5.32 Å². The molecule has 7 nitrogen and oxygen atoms in total. The van der Waals surface area contributed by atoms with Gasteiger partial charge in [0.05, 0.1) is 6.61 Å². The third-order valence-electron chi connectivity index (χ3n) is 7.16. The van der Waals surface area contributed by atoms with Crippen LogP contribution in [0.4, 0.5) is 0 Å². The van der Waals surface area contributed by atoms with Crippen molar-refractivity contribution in [3.8, 4) is 34.1 Å². The third-order valence-corrected chi connectivity index (χ3v) is 7.16. The Balaban J connectivity index is 1.47. The number of aryl methyl sites for hydroxylation is 1. The zero-order valence-corrected chi connectivity index (χ0v) is 24.4. The molecule has 0 radical (unpaired) electrons. The lowest BCUT2D eigenvalue weighted by molar-refractivity contribution is -0.117. The van der Waals surface area contributed by atoms with E-state index in [9.17, 15) is 4.79 Å². The maximum Gasteiger partial charge on any atom is 0.214 e. The molecule has 0 aromatic heterocycles. The highest BCUT2D eigenvalue weighted by Gasteiger charge is 2.15. The Morgan fingerprint density at radius 1 is 0.951 bits per heavy atom. The van der Waals surface area contributed by atoms with Crippen molar-refractivity contribution in [3.05, 3.63) is 82.2 Å². The molecular formula is C34H40N2O5. The number of ketones is 1. The van der Waals surface area contributed by atoms with Gasteiger partial charge in [-0.2, -0.15) is 0 Å². The van der Waals surface area contributed by atoms with E-state index in [0.29, 0.717) is 45.9 Å². The van der Waals surface area contributed by atoms with Gasteiger partial charge in [-0.3, -0.25) is 0 Å². The van der Waals surface area contributed by atoms with Gasteiger partial charge in [0, 0.05) is 31.0 Å². The van der Waals surface area contributed by atoms with Gasteiger partial charge in [0.15, 0.2) is 11.5 Å². The van der Waals surface area contributed by atoms with Crippen LogP contribution in [0.25, 0.3) is 16.0 Å². The molecule has 216 valence electrons. The lowest BCUT2D eigenvalue weighted by Crippen LogP contribution is -2.16. The number of unbranched alkanes of at least 4 members (excludes halogenated alkanes) is 1. The van der Waals surface area contributed by atoms with E-state index < -0.39 is 0 Å². The summed E-state index contributed by atoms with van der Waals surface area (Å²) in [5.74, 6) is 3.34. The predicted molar refractivity (Wildman–Crippen MR) is 161 cm³/mol. The summed E-state index contributed by atoms with van der Waals surface area (Å²) in [6.45, 7) is 16.8. The minimum absolute atomic E-state index is 0.208. The molecule has 41 heavy (non-hydrogen) atoms. The fourth-order valence-corrected chi connectivity index (χ4v) is 4.84. The standard InChI is InChI=1S/C34H40N2O5/c1-24-19-29(22-36-15-8-9-25(2)37)33(38-16-6-5-14-35-4)21-32(24)41-23-28-10-7-11-30(26(28)3)27-12-13-31-34(20-27)40-18-17-39-31/h7,10-13,19-21,36H,5-6,8-9,14-18,22-23H2,1-3H3. The first-order valence-corrected chi connectivity index (χ1v) is 14.4. The molecule has 3 aromatic rings. The van der Waals surface area contributed by atoms with Gasteiger partial charge >= 0.3 is 0 Å². The van der Waals surface area contributed by atoms with Crippen LogP contribution in [-0.4, -0.2) is 38.7 Å². The SMILES string of the molecule is [C-]#[N+]CCCCOc1cc(OCc2cccc(-c3ccc4c(c3)OCCO4)c2C)c(C)cc1CNCCCC(C)=O. The second-order valence-electron chi connectivity index (χ2n) is 10.4. The first-order chi connectivity index (χ1) is 20.0. The molecule has 1 N–H and O–H groups in total. The number of ether oxygens (including phenoxy) is 4. The van der Waals surface area contributed by atoms with Crippen LogP contribution in [0, 0.1) is 20.4 Å². The Morgan fingerprint density at radius 3 is 2.59 bits per heavy atom. The van der Waals surface area contributed by atoms with E-state index in [1.54, 1.807) is 6.92 Å². The summed E-state index contributed by atoms with van der Waals surface area (Å²) in [4.78, 5) is 14.7. The Labute approximate surface area is 243 Å². The zero-order valence-electron chi connectivity index (χ0n) is 24.4. The van der Waals surface area contributed by atoms with Gasteiger partial charge in [0.2, 0.25) is 6.54 Å². The van der Waals surface area contributed by atoms with Crippen molar-refractivity contribution in [2.45, 2.75) is 59.6 Å². The van der Waals surface area contributed by atoms with Gasteiger partial charge < -0.3 is 33.9 Å². The predicted octanol–water partition coefficient (Wildman–Crippen LogP) is 6.86. The molecule has 4 rings (SSSR count). The lowest BCUT2D eigenvalue weighted by atomic mass is 9.96. The molecule has 0 saturated heterocycles. The number of rotatable bonds is 15. The summed E-state index contributed by atoms with van der Waals surface area (Å²) in [6, 6.07) is 16.5. The molecule has 0 amide bonds. The molecule has 0 unspecified atom stereocenters. The second kappa shape index (κ2) is 15.1. The summed E-state index contributed by atoms with van der Waals surface area (Å²) in [6.07, 6.45) is 3.03. The molecule has 1 aliphatic heterocycles. The van der Waals surface area contributed by atoms with Crippen molar-refractivity contribution in [1.29, 1.82) is 0 Å². The van der Waals surface area contributed by atoms with E-state index in [0.717, 1.165) is 82.2 Å². The molecule has 0 bridgehead atoms. The largest absolute Gasteiger partial charge is 0.493 e. The maximum atomic E-state index is 11.2. The third kappa shape index (κ3) is 8.48. The number of nitrogens with one attached hydrogen (secondary N) is 1. The van der Waals surface area contributed by atoms with E-state index in [1.807, 2.05) is 25.1 Å². The summed E-state index contributed by atoms with van der Waals surface area (Å²) in [5, 5.41) is 3.43. The summed E-state index contributed by atoms with van der Waals surface area (Å²) in [7, 11) is 0. The van der Waals surface area contributed by atoms with E-state index in [2.05, 4.69) is 47.4 Å². The van der Waals surface area contributed by atoms with Crippen LogP contribution < -0.4 is 24.3 Å². The van der Waals surface area contributed by atoms with E-state index in [4.69, 9.17) is 25.5 Å². The van der Waals surface area contributed by atoms with Crippen LogP contribution in [-0.2, 0) is 17.9 Å². The maximum absolute atomic E-state index is 11.2. The molecule has 0 aliphatic carbocycles. The van der Waals surface area contributed by atoms with Gasteiger partial charge in [-0.15, -0.1) is 0 Å². The number of Topliss-reactive ketones (excluding diaryl/α,β-unsaturated/α-hetero) is 1. The van der Waals surface area contributed by atoms with Crippen LogP contribution in [0.2, 0.25) is 0 Å². The Hall–Kier alpha value is -4.02. The van der Waals surface area contributed by atoms with Crippen molar-refractivity contribution in [3.63, 3.8) is 0 Å². The van der Waals surface area contributed by atoms with E-state index in [-0.39, 0.29) is 5.78 Å². The lowest BCUT2D eigenvalue weighted by Gasteiger charge is -2.20. The Kier molecular flexibility index (Phi) is 11.0. The number of hydrogen-bond donors (Lipinski definition) is 1. The normalized spacial score (nSPS) is 12.0. The number of nitrogens with zero attached hydrogens (tertiary/aromatic N) is 1. The first-order valence-electron chi connectivity index (χ1n) is 14.4. The van der Waals surface area contributed by atoms with Crippen LogP contribution >= 0.6 is 0 Å². The Morgan fingerprint density at radius 2 is 1.78 bits per heavy atom. The second-order valence-corrected chi connectivity index (χ2v) is 10.4. The molecule has 3 aromatic carbocycles. The van der Waals surface area contributed by atoms with Crippen molar-refractivity contribution < 1.29 is 23.7 Å². The zero-order chi connectivity index (χ0) is 29.0. The highest BCUT2D eigenvalue weighted by atomic mass is 16.6. The molecule has 0 atom stereocenters. The highest BCUT2D eigenvalue weighted by Crippen LogP contribution is 2.36. The quantitative estimate of drug-likeness (QED) is 0.163. The smallest absolute Gasteiger partial charge is 0.214 e. The van der Waals surface area contributed by atoms with Crippen LogP contribution in [0.15, 0.2) is 48.5 Å². The molecule has 0 spiro atoms. The van der Waals surface area contributed by atoms with E-state index >= 15 is 0 Å². The summed E-state index contributed by atoms with van der Waals surface area (Å²) >= 11 is 0. The fraction of sp³-hybridized carbons (Fsp3) is 0.412. The van der Waals surface area contributed by atoms with Crippen LogP contribution in [0.1, 0.15) is 54.9 Å². The topological polar surface area (TPSA) is 70.4 Å². The molecule has 0 saturated carbocycles. The van der Waals surface area contributed by atoms with E-state index in [1.165, 1.54) is 0 Å². The van der Waals surface area contributed by atoms with Gasteiger partial charge in [-0.25, -0.2) is 6.57 Å². The average Bonchev–Trinajstić information content (AvgIpc) is 2.97. The molecule has 1 aliphatic rings. The molecule has 7 heteroatoms. The molecular weight excluding hydrogens is 516 g/mol. The number of fused-ring (bicyclic) bond motifs is 1.